The average Bonchev–Trinajstić information content (AvgIpc) is 3.25. The lowest BCUT2D eigenvalue weighted by molar-refractivity contribution is -0.153. The molecule has 3 aromatic heterocycles. The van der Waals surface area contributed by atoms with Gasteiger partial charge in [-0.15, -0.1) is 11.3 Å². The molecule has 0 aliphatic rings. The lowest BCUT2D eigenvalue weighted by Gasteiger charge is -2.19. The van der Waals surface area contributed by atoms with Crippen LogP contribution >= 0.6 is 34.3 Å². The molecular weight excluding hydrogens is 428 g/mol. The minimum atomic E-state index is -0.575. The number of esters is 1. The smallest absolute Gasteiger partial charge is 0.312 e. The quantitative estimate of drug-likeness (QED) is 0.401. The number of nitrogens with zero attached hydrogens (tertiary/aromatic N) is 2. The molecule has 0 radical (unpaired) electrons. The minimum absolute atomic E-state index is 0.0149. The van der Waals surface area contributed by atoms with Crippen molar-refractivity contribution in [2.45, 2.75) is 39.3 Å². The Hall–Kier alpha value is -2.22. The van der Waals surface area contributed by atoms with Gasteiger partial charge in [0.15, 0.2) is 0 Å². The monoisotopic (exact) mass is 446 g/mol. The van der Waals surface area contributed by atoms with Gasteiger partial charge in [0.05, 0.1) is 24.0 Å². The summed E-state index contributed by atoms with van der Waals surface area (Å²) in [6.45, 7) is 5.79. The molecule has 0 unspecified atom stereocenters. The predicted octanol–water partition coefficient (Wildman–Crippen LogP) is 5.26. The lowest BCUT2D eigenvalue weighted by Crippen LogP contribution is -2.28. The van der Waals surface area contributed by atoms with Gasteiger partial charge in [-0.05, 0) is 55.3 Å². The van der Waals surface area contributed by atoms with E-state index < -0.39 is 5.60 Å². The van der Waals surface area contributed by atoms with Crippen molar-refractivity contribution in [2.75, 3.05) is 0 Å². The second-order valence-corrected chi connectivity index (χ2v) is 9.86. The number of hydrogen-bond acceptors (Lipinski definition) is 6. The number of hydrogen-bond donors (Lipinski definition) is 0. The van der Waals surface area contributed by atoms with Gasteiger partial charge < -0.3 is 4.74 Å². The van der Waals surface area contributed by atoms with E-state index in [1.165, 1.54) is 16.0 Å². The molecule has 1 aromatic carbocycles. The number of halogens is 1. The number of fused-ring (bicyclic) bond motifs is 2. The summed E-state index contributed by atoms with van der Waals surface area (Å²) in [4.78, 5) is 25.3. The first-order valence-corrected chi connectivity index (χ1v) is 11.2. The predicted molar refractivity (Wildman–Crippen MR) is 119 cm³/mol. The van der Waals surface area contributed by atoms with Gasteiger partial charge in [-0.2, -0.15) is 16.4 Å². The molecule has 0 saturated heterocycles. The van der Waals surface area contributed by atoms with Crippen molar-refractivity contribution in [1.82, 2.24) is 9.78 Å². The van der Waals surface area contributed by atoms with Crippen molar-refractivity contribution in [3.63, 3.8) is 0 Å². The van der Waals surface area contributed by atoms with Crippen LogP contribution in [0.3, 0.4) is 0 Å². The molecule has 4 rings (SSSR count). The van der Waals surface area contributed by atoms with Gasteiger partial charge in [0.1, 0.15) is 5.60 Å². The summed E-state index contributed by atoms with van der Waals surface area (Å²) in [7, 11) is 0. The summed E-state index contributed by atoms with van der Waals surface area (Å²) in [6.07, 6.45) is 0.0149. The second kappa shape index (κ2) is 7.55. The normalized spacial score (nSPS) is 12.0. The third-order valence-electron chi connectivity index (χ3n) is 4.35. The molecule has 150 valence electrons. The van der Waals surface area contributed by atoms with Crippen molar-refractivity contribution in [2.24, 2.45) is 0 Å². The molecule has 0 amide bonds. The Morgan fingerprint density at radius 2 is 1.93 bits per heavy atom. The second-order valence-electron chi connectivity index (χ2n) is 7.77. The van der Waals surface area contributed by atoms with Crippen LogP contribution in [0.1, 0.15) is 32.0 Å². The molecule has 0 atom stereocenters. The van der Waals surface area contributed by atoms with Crippen molar-refractivity contribution >= 4 is 61.1 Å². The van der Waals surface area contributed by atoms with Crippen molar-refractivity contribution in [1.29, 1.82) is 0 Å². The Labute approximate surface area is 180 Å². The van der Waals surface area contributed by atoms with Crippen LogP contribution in [-0.4, -0.2) is 21.4 Å². The summed E-state index contributed by atoms with van der Waals surface area (Å²) < 4.78 is 7.97. The Morgan fingerprint density at radius 3 is 2.69 bits per heavy atom. The van der Waals surface area contributed by atoms with Gasteiger partial charge in [0, 0.05) is 25.9 Å². The van der Waals surface area contributed by atoms with Crippen molar-refractivity contribution < 1.29 is 9.53 Å². The van der Waals surface area contributed by atoms with Crippen LogP contribution in [0.2, 0.25) is 5.02 Å². The molecule has 4 aromatic rings. The van der Waals surface area contributed by atoms with Crippen LogP contribution < -0.4 is 5.56 Å². The molecule has 29 heavy (non-hydrogen) atoms. The summed E-state index contributed by atoms with van der Waals surface area (Å²) in [6, 6.07) is 5.72. The number of rotatable bonds is 4. The average molecular weight is 447 g/mol. The molecule has 0 aliphatic carbocycles. The van der Waals surface area contributed by atoms with E-state index >= 15 is 0 Å². The Bertz CT molecular complexity index is 1280. The van der Waals surface area contributed by atoms with Gasteiger partial charge in [-0.25, -0.2) is 4.68 Å². The summed E-state index contributed by atoms with van der Waals surface area (Å²) >= 11 is 9.17. The minimum Gasteiger partial charge on any atom is -0.460 e. The van der Waals surface area contributed by atoms with E-state index in [1.807, 2.05) is 49.7 Å². The molecule has 0 fully saturated rings. The number of carbonyl (C=O) groups is 1. The van der Waals surface area contributed by atoms with Gasteiger partial charge in [-0.1, -0.05) is 11.6 Å². The van der Waals surface area contributed by atoms with Gasteiger partial charge in [0.25, 0.3) is 5.56 Å². The SMILES string of the molecule is CC(C)(C)OC(=O)Cc1nn(Cc2csc3ccc(Cl)cc23)c(=O)c2cscc12. The Kier molecular flexibility index (Phi) is 5.23. The fourth-order valence-corrected chi connectivity index (χ4v) is 5.10. The Balaban J connectivity index is 1.74. The number of aromatic nitrogens is 2. The maximum absolute atomic E-state index is 13.0. The maximum atomic E-state index is 13.0. The number of benzene rings is 1. The zero-order chi connectivity index (χ0) is 20.8. The highest BCUT2D eigenvalue weighted by Gasteiger charge is 2.20. The highest BCUT2D eigenvalue weighted by Crippen LogP contribution is 2.29. The first-order chi connectivity index (χ1) is 13.7. The van der Waals surface area contributed by atoms with Crippen LogP contribution in [0, 0.1) is 0 Å². The standard InChI is InChI=1S/C21H19ClN2O3S2/c1-21(2,3)27-19(25)7-17-15-10-28-11-16(15)20(26)24(23-17)8-12-9-29-18-5-4-13(22)6-14(12)18/h4-6,9-11H,7-8H2,1-3H3. The van der Waals surface area contributed by atoms with Crippen LogP contribution in [0.5, 0.6) is 0 Å². The zero-order valence-corrected chi connectivity index (χ0v) is 18.6. The van der Waals surface area contributed by atoms with Gasteiger partial charge in [0.2, 0.25) is 0 Å². The van der Waals surface area contributed by atoms with E-state index in [1.54, 1.807) is 16.7 Å². The third-order valence-corrected chi connectivity index (χ3v) is 6.34. The van der Waals surface area contributed by atoms with E-state index in [9.17, 15) is 9.59 Å². The molecule has 0 N–H and O–H groups in total. The first kappa shape index (κ1) is 20.1. The zero-order valence-electron chi connectivity index (χ0n) is 16.2. The summed E-state index contributed by atoms with van der Waals surface area (Å²) in [5.41, 5.74) is 0.775. The lowest BCUT2D eigenvalue weighted by atomic mass is 10.1. The van der Waals surface area contributed by atoms with Crippen LogP contribution in [0.15, 0.2) is 39.1 Å². The fraction of sp³-hybridized carbons (Fsp3) is 0.286. The third kappa shape index (κ3) is 4.22. The molecule has 8 heteroatoms. The van der Waals surface area contributed by atoms with Crippen LogP contribution in [-0.2, 0) is 22.5 Å². The number of thiophene rings is 2. The highest BCUT2D eigenvalue weighted by molar-refractivity contribution is 7.17. The van der Waals surface area contributed by atoms with Gasteiger partial charge >= 0.3 is 5.97 Å². The van der Waals surface area contributed by atoms with E-state index in [-0.39, 0.29) is 17.9 Å². The van der Waals surface area contributed by atoms with E-state index in [0.717, 1.165) is 15.6 Å². The maximum Gasteiger partial charge on any atom is 0.312 e. The van der Waals surface area contributed by atoms with E-state index in [0.29, 0.717) is 28.0 Å². The largest absolute Gasteiger partial charge is 0.460 e. The summed E-state index contributed by atoms with van der Waals surface area (Å²) in [5.74, 6) is -0.365. The van der Waals surface area contributed by atoms with Crippen molar-refractivity contribution in [3.05, 3.63) is 61.0 Å². The molecule has 0 aliphatic heterocycles. The van der Waals surface area contributed by atoms with E-state index in [2.05, 4.69) is 5.10 Å². The number of ether oxygens (including phenoxy) is 1. The van der Waals surface area contributed by atoms with E-state index in [4.69, 9.17) is 16.3 Å². The fourth-order valence-electron chi connectivity index (χ4n) is 3.16. The first-order valence-electron chi connectivity index (χ1n) is 9.04. The van der Waals surface area contributed by atoms with Crippen molar-refractivity contribution in [3.8, 4) is 0 Å². The molecule has 5 nitrogen and oxygen atoms in total. The van der Waals surface area contributed by atoms with Crippen LogP contribution in [0.25, 0.3) is 20.9 Å². The topological polar surface area (TPSA) is 61.2 Å². The Morgan fingerprint density at radius 1 is 1.17 bits per heavy atom. The molecule has 0 spiro atoms. The highest BCUT2D eigenvalue weighted by atomic mass is 35.5. The molecular formula is C21H19ClN2O3S2. The summed E-state index contributed by atoms with van der Waals surface area (Å²) in [5, 5.41) is 13.1. The number of carbonyl (C=O) groups excluding carboxylic acids is 1. The molecule has 0 bridgehead atoms. The molecule has 3 heterocycles. The van der Waals surface area contributed by atoms with Crippen LogP contribution in [0.4, 0.5) is 0 Å². The van der Waals surface area contributed by atoms with Gasteiger partial charge in [-0.3, -0.25) is 9.59 Å². The molecule has 0 saturated carbocycles.